The van der Waals surface area contributed by atoms with Crippen LogP contribution in [0, 0.1) is 17.8 Å². The van der Waals surface area contributed by atoms with E-state index in [0.717, 1.165) is 29.6 Å². The molecule has 45 heavy (non-hydrogen) atoms. The van der Waals surface area contributed by atoms with Crippen molar-refractivity contribution in [3.8, 4) is 11.5 Å². The number of phenols is 1. The minimum atomic E-state index is -0.963. The number of phenolic OH excluding ortho intramolecular Hbond substituents is 1. The maximum absolute atomic E-state index is 13.7. The van der Waals surface area contributed by atoms with Gasteiger partial charge >= 0.3 is 5.97 Å². The molecule has 0 radical (unpaired) electrons. The lowest BCUT2D eigenvalue weighted by molar-refractivity contribution is -0.141. The number of aliphatic hydroxyl groups is 2. The van der Waals surface area contributed by atoms with Crippen LogP contribution in [0.3, 0.4) is 0 Å². The summed E-state index contributed by atoms with van der Waals surface area (Å²) in [5, 5.41) is 41.2. The monoisotopic (exact) mass is 619 g/mol. The number of hydrogen-bond donors (Lipinski definition) is 4. The van der Waals surface area contributed by atoms with Gasteiger partial charge in [-0.15, -0.1) is 0 Å². The quantitative estimate of drug-likeness (QED) is 0.105. The first kappa shape index (κ1) is 33.9. The standard InChI is InChI=1S/C36H45NO8/c1-2-10-24(19-25-11-9-12-27(39)20-25)16-17-31(40)33-26(23-45-28-13-5-3-6-14-28)21-29-34(30(33)22-38)36(44)37(35(29)43)18-8-4-7-15-32(41)42/h3,5-6,9,11-14,19-20,29-31,34,38-40H,2,4,7-8,10,15-18,21-23H2,1H3,(H,41,42)/b24-19+/t29-,30+,31-,34-/m1/s1. The highest BCUT2D eigenvalue weighted by Crippen LogP contribution is 2.46. The van der Waals surface area contributed by atoms with Crippen LogP contribution < -0.4 is 4.74 Å². The molecule has 2 aromatic carbocycles. The highest BCUT2D eigenvalue weighted by atomic mass is 16.5. The molecule has 0 bridgehead atoms. The third-order valence-corrected chi connectivity index (χ3v) is 8.81. The molecule has 4 N–H and O–H groups in total. The van der Waals surface area contributed by atoms with Gasteiger partial charge in [0.2, 0.25) is 11.8 Å². The van der Waals surface area contributed by atoms with Crippen molar-refractivity contribution in [2.24, 2.45) is 17.8 Å². The number of para-hydroxylation sites is 1. The number of likely N-dealkylation sites (tertiary alicyclic amines) is 1. The Labute approximate surface area is 264 Å². The molecule has 2 aliphatic rings. The van der Waals surface area contributed by atoms with Crippen molar-refractivity contribution in [1.29, 1.82) is 0 Å². The van der Waals surface area contributed by atoms with E-state index in [1.54, 1.807) is 18.2 Å². The highest BCUT2D eigenvalue weighted by Gasteiger charge is 2.54. The van der Waals surface area contributed by atoms with Gasteiger partial charge in [-0.25, -0.2) is 0 Å². The first-order chi connectivity index (χ1) is 21.7. The third-order valence-electron chi connectivity index (χ3n) is 8.81. The number of imide groups is 1. The zero-order valence-corrected chi connectivity index (χ0v) is 25.9. The maximum Gasteiger partial charge on any atom is 0.303 e. The van der Waals surface area contributed by atoms with Crippen LogP contribution in [0.4, 0.5) is 0 Å². The van der Waals surface area contributed by atoms with Crippen molar-refractivity contribution < 1.29 is 39.5 Å². The predicted molar refractivity (Wildman–Crippen MR) is 170 cm³/mol. The van der Waals surface area contributed by atoms with E-state index in [1.807, 2.05) is 42.5 Å². The number of carboxylic acid groups (broad SMARTS) is 1. The van der Waals surface area contributed by atoms with E-state index in [-0.39, 0.29) is 43.6 Å². The fourth-order valence-electron chi connectivity index (χ4n) is 6.71. The Hall–Kier alpha value is -3.95. The van der Waals surface area contributed by atoms with Gasteiger partial charge in [-0.2, -0.15) is 0 Å². The van der Waals surface area contributed by atoms with Crippen LogP contribution in [0.5, 0.6) is 11.5 Å². The number of ether oxygens (including phenoxy) is 1. The van der Waals surface area contributed by atoms with Crippen molar-refractivity contribution in [3.63, 3.8) is 0 Å². The number of aliphatic hydroxyl groups excluding tert-OH is 2. The molecule has 0 unspecified atom stereocenters. The van der Waals surface area contributed by atoms with E-state index >= 15 is 0 Å². The molecule has 9 heteroatoms. The summed E-state index contributed by atoms with van der Waals surface area (Å²) >= 11 is 0. The molecule has 2 aromatic rings. The van der Waals surface area contributed by atoms with Gasteiger partial charge in [0.05, 0.1) is 24.5 Å². The molecule has 0 aromatic heterocycles. The van der Waals surface area contributed by atoms with Crippen LogP contribution in [0.25, 0.3) is 6.08 Å². The molecule has 0 spiro atoms. The Balaban J connectivity index is 1.57. The lowest BCUT2D eigenvalue weighted by atomic mass is 9.68. The Morgan fingerprint density at radius 1 is 1.02 bits per heavy atom. The molecule has 2 amide bonds. The van der Waals surface area contributed by atoms with Gasteiger partial charge in [0, 0.05) is 18.9 Å². The van der Waals surface area contributed by atoms with Crippen LogP contribution in [0.1, 0.15) is 70.3 Å². The first-order valence-corrected chi connectivity index (χ1v) is 16.0. The zero-order valence-electron chi connectivity index (χ0n) is 25.9. The molecule has 9 nitrogen and oxygen atoms in total. The summed E-state index contributed by atoms with van der Waals surface area (Å²) in [4.78, 5) is 39.3. The van der Waals surface area contributed by atoms with Gasteiger partial charge in [-0.1, -0.05) is 61.7 Å². The van der Waals surface area contributed by atoms with Gasteiger partial charge in [-0.05, 0) is 79.5 Å². The van der Waals surface area contributed by atoms with E-state index < -0.39 is 36.4 Å². The van der Waals surface area contributed by atoms with Crippen molar-refractivity contribution in [2.45, 2.75) is 70.8 Å². The molecular weight excluding hydrogens is 574 g/mol. The van der Waals surface area contributed by atoms with Crippen molar-refractivity contribution in [3.05, 3.63) is 76.9 Å². The van der Waals surface area contributed by atoms with E-state index in [2.05, 4.69) is 6.92 Å². The second-order valence-corrected chi connectivity index (χ2v) is 12.0. The maximum atomic E-state index is 13.7. The number of aliphatic carboxylic acids is 1. The number of allylic oxidation sites excluding steroid dienone is 1. The van der Waals surface area contributed by atoms with Gasteiger partial charge < -0.3 is 25.2 Å². The van der Waals surface area contributed by atoms with Crippen molar-refractivity contribution in [2.75, 3.05) is 19.8 Å². The number of fused-ring (bicyclic) bond motifs is 1. The topological polar surface area (TPSA) is 145 Å². The summed E-state index contributed by atoms with van der Waals surface area (Å²) in [6.45, 7) is 2.01. The van der Waals surface area contributed by atoms with Gasteiger partial charge in [0.25, 0.3) is 0 Å². The van der Waals surface area contributed by atoms with Gasteiger partial charge in [-0.3, -0.25) is 19.3 Å². The summed E-state index contributed by atoms with van der Waals surface area (Å²) in [5.74, 6) is -2.84. The Morgan fingerprint density at radius 3 is 2.49 bits per heavy atom. The summed E-state index contributed by atoms with van der Waals surface area (Å²) < 4.78 is 6.08. The number of benzene rings is 2. The predicted octanol–water partition coefficient (Wildman–Crippen LogP) is 5.35. The molecule has 242 valence electrons. The minimum absolute atomic E-state index is 0.0403. The first-order valence-electron chi connectivity index (χ1n) is 16.0. The van der Waals surface area contributed by atoms with E-state index in [4.69, 9.17) is 9.84 Å². The Morgan fingerprint density at radius 2 is 1.80 bits per heavy atom. The number of aromatic hydroxyl groups is 1. The lowest BCUT2D eigenvalue weighted by Gasteiger charge is -2.36. The largest absolute Gasteiger partial charge is 0.508 e. The van der Waals surface area contributed by atoms with E-state index in [0.29, 0.717) is 43.4 Å². The number of carboxylic acids is 1. The SMILES string of the molecule is CCC/C(=C\c1cccc(O)c1)CC[C@@H](O)C1=C(COc2ccccc2)C[C@H]2C(=O)N(CCCCCC(=O)O)C(=O)[C@H]2[C@H]1CO. The zero-order chi connectivity index (χ0) is 32.3. The number of rotatable bonds is 17. The fraction of sp³-hybridized carbons (Fsp3) is 0.472. The second kappa shape index (κ2) is 16.4. The molecule has 1 aliphatic heterocycles. The Kier molecular flexibility index (Phi) is 12.4. The van der Waals surface area contributed by atoms with E-state index in [1.165, 1.54) is 4.90 Å². The molecule has 0 saturated carbocycles. The number of carbonyl (C=O) groups is 3. The summed E-state index contributed by atoms with van der Waals surface area (Å²) in [6.07, 6.45) is 5.56. The average molecular weight is 620 g/mol. The molecule has 1 heterocycles. The lowest BCUT2D eigenvalue weighted by Crippen LogP contribution is -2.40. The minimum Gasteiger partial charge on any atom is -0.508 e. The van der Waals surface area contributed by atoms with Crippen LogP contribution in [0.15, 0.2) is 71.3 Å². The number of carbonyl (C=O) groups excluding carboxylic acids is 2. The van der Waals surface area contributed by atoms with Crippen LogP contribution in [-0.4, -0.2) is 69.0 Å². The smallest absolute Gasteiger partial charge is 0.303 e. The Bertz CT molecular complexity index is 1380. The normalized spacial score (nSPS) is 20.8. The van der Waals surface area contributed by atoms with Gasteiger partial charge in [0.15, 0.2) is 0 Å². The molecule has 1 saturated heterocycles. The summed E-state index contributed by atoms with van der Waals surface area (Å²) in [5.41, 5.74) is 3.29. The van der Waals surface area contributed by atoms with Crippen LogP contribution >= 0.6 is 0 Å². The summed E-state index contributed by atoms with van der Waals surface area (Å²) in [7, 11) is 0. The fourth-order valence-corrected chi connectivity index (χ4v) is 6.71. The molecule has 1 fully saturated rings. The van der Waals surface area contributed by atoms with Crippen molar-refractivity contribution >= 4 is 23.9 Å². The van der Waals surface area contributed by atoms with Crippen LogP contribution in [-0.2, 0) is 14.4 Å². The second-order valence-electron chi connectivity index (χ2n) is 12.0. The molecular formula is C36H45NO8. The molecule has 4 atom stereocenters. The number of amides is 2. The number of unbranched alkanes of at least 4 members (excludes halogenated alkanes) is 2. The van der Waals surface area contributed by atoms with Crippen molar-refractivity contribution in [1.82, 2.24) is 4.90 Å². The van der Waals surface area contributed by atoms with Gasteiger partial charge in [0.1, 0.15) is 18.1 Å². The molecule has 4 rings (SSSR count). The highest BCUT2D eigenvalue weighted by molar-refractivity contribution is 6.05. The number of hydrogen-bond acceptors (Lipinski definition) is 7. The average Bonchev–Trinajstić information content (AvgIpc) is 3.26. The number of nitrogens with zero attached hydrogens (tertiary/aromatic N) is 1. The summed E-state index contributed by atoms with van der Waals surface area (Å²) in [6, 6.07) is 16.2. The third kappa shape index (κ3) is 8.83. The van der Waals surface area contributed by atoms with Crippen LogP contribution in [0.2, 0.25) is 0 Å². The molecule has 1 aliphatic carbocycles. The van der Waals surface area contributed by atoms with E-state index in [9.17, 15) is 29.7 Å².